The quantitative estimate of drug-likeness (QED) is 0.777. The van der Waals surface area contributed by atoms with Gasteiger partial charge in [0.25, 0.3) is 0 Å². The Morgan fingerprint density at radius 3 is 2.16 bits per heavy atom. The van der Waals surface area contributed by atoms with Crippen LogP contribution in [-0.4, -0.2) is 34.4 Å². The number of cyclic esters (lactones) is 1. The molecular formula is C19H20O6. The monoisotopic (exact) mass is 344 g/mol. The molecule has 1 aliphatic heterocycles. The average molecular weight is 344 g/mol. The van der Waals surface area contributed by atoms with Crippen LogP contribution in [0.1, 0.15) is 22.6 Å². The third-order valence-corrected chi connectivity index (χ3v) is 4.29. The lowest BCUT2D eigenvalue weighted by Crippen LogP contribution is -2.24. The van der Waals surface area contributed by atoms with E-state index in [0.29, 0.717) is 28.6 Å². The van der Waals surface area contributed by atoms with E-state index < -0.39 is 5.92 Å². The van der Waals surface area contributed by atoms with Crippen molar-refractivity contribution in [3.63, 3.8) is 0 Å². The molecule has 2 aromatic rings. The van der Waals surface area contributed by atoms with Gasteiger partial charge in [-0.15, -0.1) is 0 Å². The molecule has 1 atom stereocenters. The number of carbonyl (C=O) groups is 1. The molecular weight excluding hydrogens is 324 g/mol. The topological polar surface area (TPSA) is 63.2 Å². The molecule has 132 valence electrons. The molecule has 0 N–H and O–H groups in total. The van der Waals surface area contributed by atoms with E-state index in [1.165, 1.54) is 21.3 Å². The third kappa shape index (κ3) is 2.95. The Kier molecular flexibility index (Phi) is 4.70. The standard InChI is InChI=1S/C19H20O6/c1-21-13-6-5-11-10-25-19(20)17(14(11)9-13)12-7-15(22-2)18(24-4)16(8-12)23-3/h5-9,17H,10H2,1-4H3. The first-order valence-corrected chi connectivity index (χ1v) is 7.76. The summed E-state index contributed by atoms with van der Waals surface area (Å²) in [5.74, 6) is 1.22. The zero-order valence-electron chi connectivity index (χ0n) is 14.6. The molecule has 0 aromatic heterocycles. The maximum atomic E-state index is 12.5. The summed E-state index contributed by atoms with van der Waals surface area (Å²) in [5, 5.41) is 0. The Morgan fingerprint density at radius 2 is 1.60 bits per heavy atom. The van der Waals surface area contributed by atoms with E-state index >= 15 is 0 Å². The molecule has 3 rings (SSSR count). The van der Waals surface area contributed by atoms with Gasteiger partial charge in [0.15, 0.2) is 11.5 Å². The van der Waals surface area contributed by atoms with Gasteiger partial charge in [0, 0.05) is 0 Å². The molecule has 0 saturated heterocycles. The predicted molar refractivity (Wildman–Crippen MR) is 90.7 cm³/mol. The van der Waals surface area contributed by atoms with Crippen LogP contribution in [-0.2, 0) is 16.1 Å². The van der Waals surface area contributed by atoms with E-state index in [9.17, 15) is 4.79 Å². The largest absolute Gasteiger partial charge is 0.497 e. The summed E-state index contributed by atoms with van der Waals surface area (Å²) in [7, 11) is 6.21. The first-order chi connectivity index (χ1) is 12.1. The molecule has 0 fully saturated rings. The van der Waals surface area contributed by atoms with Gasteiger partial charge in [-0.1, -0.05) is 6.07 Å². The molecule has 2 aromatic carbocycles. The molecule has 1 aliphatic rings. The number of benzene rings is 2. The zero-order chi connectivity index (χ0) is 18.0. The van der Waals surface area contributed by atoms with Crippen LogP contribution in [0.25, 0.3) is 0 Å². The van der Waals surface area contributed by atoms with Crippen LogP contribution in [0.3, 0.4) is 0 Å². The summed E-state index contributed by atoms with van der Waals surface area (Å²) in [6, 6.07) is 9.16. The fourth-order valence-electron chi connectivity index (χ4n) is 3.04. The molecule has 1 unspecified atom stereocenters. The normalized spacial score (nSPS) is 15.8. The highest BCUT2D eigenvalue weighted by Gasteiger charge is 2.33. The van der Waals surface area contributed by atoms with Crippen molar-refractivity contribution >= 4 is 5.97 Å². The summed E-state index contributed by atoms with van der Waals surface area (Å²) in [6.07, 6.45) is 0. The van der Waals surface area contributed by atoms with Crippen molar-refractivity contribution in [2.75, 3.05) is 28.4 Å². The second-order valence-electron chi connectivity index (χ2n) is 5.56. The molecule has 0 amide bonds. The van der Waals surface area contributed by atoms with Gasteiger partial charge in [0.1, 0.15) is 18.3 Å². The van der Waals surface area contributed by atoms with Crippen molar-refractivity contribution in [2.24, 2.45) is 0 Å². The van der Waals surface area contributed by atoms with Gasteiger partial charge in [0.05, 0.1) is 28.4 Å². The van der Waals surface area contributed by atoms with E-state index in [1.807, 2.05) is 18.2 Å². The van der Waals surface area contributed by atoms with Gasteiger partial charge in [0.2, 0.25) is 5.75 Å². The highest BCUT2D eigenvalue weighted by atomic mass is 16.5. The summed E-state index contributed by atoms with van der Waals surface area (Å²) >= 11 is 0. The number of fused-ring (bicyclic) bond motifs is 1. The number of hydrogen-bond donors (Lipinski definition) is 0. The molecule has 25 heavy (non-hydrogen) atoms. The molecule has 0 bridgehead atoms. The SMILES string of the molecule is COc1ccc2c(c1)C(c1cc(OC)c(OC)c(OC)c1)C(=O)OC2. The van der Waals surface area contributed by atoms with Crippen LogP contribution in [0.5, 0.6) is 23.0 Å². The molecule has 0 radical (unpaired) electrons. The number of rotatable bonds is 5. The maximum Gasteiger partial charge on any atom is 0.318 e. The van der Waals surface area contributed by atoms with Crippen molar-refractivity contribution in [1.29, 1.82) is 0 Å². The van der Waals surface area contributed by atoms with Crippen LogP contribution >= 0.6 is 0 Å². The smallest absolute Gasteiger partial charge is 0.318 e. The highest BCUT2D eigenvalue weighted by molar-refractivity contribution is 5.85. The number of hydrogen-bond acceptors (Lipinski definition) is 6. The van der Waals surface area contributed by atoms with Gasteiger partial charge in [-0.05, 0) is 41.0 Å². The van der Waals surface area contributed by atoms with Crippen LogP contribution in [0.15, 0.2) is 30.3 Å². The number of ether oxygens (including phenoxy) is 5. The van der Waals surface area contributed by atoms with Gasteiger partial charge in [-0.3, -0.25) is 4.79 Å². The Balaban J connectivity index is 2.17. The van der Waals surface area contributed by atoms with Crippen molar-refractivity contribution in [1.82, 2.24) is 0 Å². The van der Waals surface area contributed by atoms with Crippen molar-refractivity contribution in [2.45, 2.75) is 12.5 Å². The van der Waals surface area contributed by atoms with Crippen molar-refractivity contribution in [3.05, 3.63) is 47.0 Å². The van der Waals surface area contributed by atoms with Gasteiger partial charge in [-0.25, -0.2) is 0 Å². The number of carbonyl (C=O) groups excluding carboxylic acids is 1. The molecule has 0 aliphatic carbocycles. The lowest BCUT2D eigenvalue weighted by Gasteiger charge is -2.26. The van der Waals surface area contributed by atoms with E-state index in [0.717, 1.165) is 11.1 Å². The van der Waals surface area contributed by atoms with E-state index in [-0.39, 0.29) is 12.6 Å². The van der Waals surface area contributed by atoms with E-state index in [1.54, 1.807) is 19.2 Å². The summed E-state index contributed by atoms with van der Waals surface area (Å²) < 4.78 is 26.8. The highest BCUT2D eigenvalue weighted by Crippen LogP contribution is 2.43. The fraction of sp³-hybridized carbons (Fsp3) is 0.316. The molecule has 0 saturated carbocycles. The van der Waals surface area contributed by atoms with Crippen molar-refractivity contribution < 1.29 is 28.5 Å². The maximum absolute atomic E-state index is 12.5. The zero-order valence-corrected chi connectivity index (χ0v) is 14.6. The first kappa shape index (κ1) is 17.0. The second kappa shape index (κ2) is 6.93. The summed E-state index contributed by atoms with van der Waals surface area (Å²) in [4.78, 5) is 12.5. The Hall–Kier alpha value is -2.89. The fourth-order valence-corrected chi connectivity index (χ4v) is 3.04. The van der Waals surface area contributed by atoms with Crippen LogP contribution in [0, 0.1) is 0 Å². The lowest BCUT2D eigenvalue weighted by atomic mass is 9.86. The lowest BCUT2D eigenvalue weighted by molar-refractivity contribution is -0.147. The van der Waals surface area contributed by atoms with Crippen LogP contribution in [0.4, 0.5) is 0 Å². The third-order valence-electron chi connectivity index (χ3n) is 4.29. The molecule has 0 spiro atoms. The second-order valence-corrected chi connectivity index (χ2v) is 5.56. The minimum absolute atomic E-state index is 0.249. The van der Waals surface area contributed by atoms with Gasteiger partial charge in [-0.2, -0.15) is 0 Å². The molecule has 6 nitrogen and oxygen atoms in total. The van der Waals surface area contributed by atoms with Gasteiger partial charge >= 0.3 is 5.97 Å². The average Bonchev–Trinajstić information content (AvgIpc) is 2.66. The van der Waals surface area contributed by atoms with E-state index in [4.69, 9.17) is 23.7 Å². The van der Waals surface area contributed by atoms with Gasteiger partial charge < -0.3 is 23.7 Å². The van der Waals surface area contributed by atoms with Crippen LogP contribution in [0.2, 0.25) is 0 Å². The predicted octanol–water partition coefficient (Wildman–Crippen LogP) is 2.91. The van der Waals surface area contributed by atoms with Crippen LogP contribution < -0.4 is 18.9 Å². The Bertz CT molecular complexity index is 773. The molecule has 1 heterocycles. The van der Waals surface area contributed by atoms with Crippen molar-refractivity contribution in [3.8, 4) is 23.0 Å². The minimum atomic E-state index is -0.590. The Labute approximate surface area is 146 Å². The van der Waals surface area contributed by atoms with E-state index in [2.05, 4.69) is 0 Å². The number of methoxy groups -OCH3 is 4. The summed E-state index contributed by atoms with van der Waals surface area (Å²) in [6.45, 7) is 0.249. The molecule has 6 heteroatoms. The summed E-state index contributed by atoms with van der Waals surface area (Å²) in [5.41, 5.74) is 2.50. The first-order valence-electron chi connectivity index (χ1n) is 7.76. The minimum Gasteiger partial charge on any atom is -0.497 e. The Morgan fingerprint density at radius 1 is 0.920 bits per heavy atom. The number of esters is 1.